The van der Waals surface area contributed by atoms with Crippen LogP contribution in [0.25, 0.3) is 0 Å². The van der Waals surface area contributed by atoms with E-state index in [1.165, 1.54) is 0 Å². The van der Waals surface area contributed by atoms with Gasteiger partial charge in [-0.25, -0.2) is 0 Å². The normalized spacial score (nSPS) is 19.3. The maximum Gasteiger partial charge on any atom is 0.223 e. The minimum Gasteiger partial charge on any atom is -0.467 e. The Labute approximate surface area is 95.4 Å². The molecule has 0 aliphatic carbocycles. The molecule has 4 nitrogen and oxygen atoms in total. The zero-order chi connectivity index (χ0) is 11.4. The molecule has 1 atom stereocenters. The van der Waals surface area contributed by atoms with E-state index in [1.807, 2.05) is 19.1 Å². The first-order valence-electron chi connectivity index (χ1n) is 5.82. The van der Waals surface area contributed by atoms with Crippen molar-refractivity contribution in [1.82, 2.24) is 10.6 Å². The van der Waals surface area contributed by atoms with Gasteiger partial charge in [-0.1, -0.05) is 0 Å². The summed E-state index contributed by atoms with van der Waals surface area (Å²) in [6, 6.07) is 3.67. The van der Waals surface area contributed by atoms with Crippen molar-refractivity contribution >= 4 is 5.91 Å². The number of hydrogen-bond donors (Lipinski definition) is 2. The van der Waals surface area contributed by atoms with E-state index in [9.17, 15) is 4.79 Å². The van der Waals surface area contributed by atoms with E-state index in [1.54, 1.807) is 6.26 Å². The Bertz CT molecular complexity index is 329. The van der Waals surface area contributed by atoms with Crippen molar-refractivity contribution in [3.63, 3.8) is 0 Å². The van der Waals surface area contributed by atoms with Crippen molar-refractivity contribution in [1.29, 1.82) is 0 Å². The monoisotopic (exact) mass is 222 g/mol. The molecule has 1 aromatic heterocycles. The summed E-state index contributed by atoms with van der Waals surface area (Å²) < 4.78 is 5.26. The molecule has 2 heterocycles. The van der Waals surface area contributed by atoms with E-state index >= 15 is 0 Å². The van der Waals surface area contributed by atoms with Crippen molar-refractivity contribution in [2.45, 2.75) is 25.8 Å². The van der Waals surface area contributed by atoms with Gasteiger partial charge in [-0.05, 0) is 45.0 Å². The van der Waals surface area contributed by atoms with Gasteiger partial charge in [0.25, 0.3) is 0 Å². The van der Waals surface area contributed by atoms with Gasteiger partial charge in [-0.3, -0.25) is 4.79 Å². The summed E-state index contributed by atoms with van der Waals surface area (Å²) in [5.41, 5.74) is 0. The highest BCUT2D eigenvalue weighted by molar-refractivity contribution is 5.79. The highest BCUT2D eigenvalue weighted by atomic mass is 16.3. The molecule has 2 N–H and O–H groups in total. The van der Waals surface area contributed by atoms with Crippen LogP contribution < -0.4 is 10.6 Å². The largest absolute Gasteiger partial charge is 0.467 e. The Balaban J connectivity index is 1.86. The summed E-state index contributed by atoms with van der Waals surface area (Å²) >= 11 is 0. The number of rotatable bonds is 3. The first-order valence-corrected chi connectivity index (χ1v) is 5.82. The lowest BCUT2D eigenvalue weighted by Gasteiger charge is -2.23. The second-order valence-corrected chi connectivity index (χ2v) is 4.27. The lowest BCUT2D eigenvalue weighted by atomic mass is 9.97. The minimum atomic E-state index is -0.0441. The van der Waals surface area contributed by atoms with Gasteiger partial charge in [0.05, 0.1) is 12.3 Å². The van der Waals surface area contributed by atoms with Gasteiger partial charge in [-0.2, -0.15) is 0 Å². The number of furan rings is 1. The van der Waals surface area contributed by atoms with Crippen LogP contribution in [-0.4, -0.2) is 19.0 Å². The van der Waals surface area contributed by atoms with Gasteiger partial charge in [-0.15, -0.1) is 0 Å². The highest BCUT2D eigenvalue weighted by Gasteiger charge is 2.22. The lowest BCUT2D eigenvalue weighted by molar-refractivity contribution is -0.126. The van der Waals surface area contributed by atoms with Gasteiger partial charge in [0.15, 0.2) is 0 Å². The third-order valence-corrected chi connectivity index (χ3v) is 3.04. The number of hydrogen-bond acceptors (Lipinski definition) is 3. The fraction of sp³-hybridized carbons (Fsp3) is 0.583. The molecule has 0 radical (unpaired) electrons. The number of carbonyl (C=O) groups is 1. The van der Waals surface area contributed by atoms with Crippen molar-refractivity contribution in [2.24, 2.45) is 5.92 Å². The maximum absolute atomic E-state index is 11.9. The third kappa shape index (κ3) is 2.64. The topological polar surface area (TPSA) is 54.3 Å². The van der Waals surface area contributed by atoms with Crippen LogP contribution in [-0.2, 0) is 4.79 Å². The fourth-order valence-corrected chi connectivity index (χ4v) is 2.02. The van der Waals surface area contributed by atoms with Gasteiger partial charge in [0.1, 0.15) is 5.76 Å². The number of amides is 1. The first kappa shape index (κ1) is 11.2. The third-order valence-electron chi connectivity index (χ3n) is 3.04. The summed E-state index contributed by atoms with van der Waals surface area (Å²) in [5, 5.41) is 6.24. The molecule has 2 rings (SSSR count). The lowest BCUT2D eigenvalue weighted by Crippen LogP contribution is -2.39. The zero-order valence-corrected chi connectivity index (χ0v) is 9.53. The minimum absolute atomic E-state index is 0.0441. The molecular weight excluding hydrogens is 204 g/mol. The molecule has 16 heavy (non-hydrogen) atoms. The average Bonchev–Trinajstić information content (AvgIpc) is 2.83. The Morgan fingerprint density at radius 3 is 2.94 bits per heavy atom. The highest BCUT2D eigenvalue weighted by Crippen LogP contribution is 2.16. The Morgan fingerprint density at radius 1 is 1.56 bits per heavy atom. The van der Waals surface area contributed by atoms with E-state index in [0.29, 0.717) is 0 Å². The molecule has 1 amide bonds. The van der Waals surface area contributed by atoms with Crippen LogP contribution in [0, 0.1) is 5.92 Å². The van der Waals surface area contributed by atoms with Crippen molar-refractivity contribution in [2.75, 3.05) is 13.1 Å². The molecule has 1 aliphatic heterocycles. The second kappa shape index (κ2) is 5.16. The number of nitrogens with one attached hydrogen (secondary N) is 2. The first-order chi connectivity index (χ1) is 7.77. The smallest absolute Gasteiger partial charge is 0.223 e. The van der Waals surface area contributed by atoms with E-state index in [4.69, 9.17) is 4.42 Å². The van der Waals surface area contributed by atoms with Gasteiger partial charge in [0.2, 0.25) is 5.91 Å². The Morgan fingerprint density at radius 2 is 2.31 bits per heavy atom. The molecular formula is C12H18N2O2. The van der Waals surface area contributed by atoms with Crippen molar-refractivity contribution in [3.05, 3.63) is 24.2 Å². The molecule has 1 fully saturated rings. The van der Waals surface area contributed by atoms with Gasteiger partial charge < -0.3 is 15.1 Å². The SMILES string of the molecule is CC(NC(=O)C1CCNCC1)c1ccco1. The molecule has 0 bridgehead atoms. The van der Waals surface area contributed by atoms with E-state index in [0.717, 1.165) is 31.7 Å². The summed E-state index contributed by atoms with van der Waals surface area (Å²) in [6.45, 7) is 3.82. The Kier molecular flexibility index (Phi) is 3.62. The predicted molar refractivity (Wildman–Crippen MR) is 60.9 cm³/mol. The van der Waals surface area contributed by atoms with Crippen LogP contribution in [0.4, 0.5) is 0 Å². The van der Waals surface area contributed by atoms with Crippen LogP contribution in [0.2, 0.25) is 0 Å². The van der Waals surface area contributed by atoms with E-state index in [-0.39, 0.29) is 17.9 Å². The molecule has 1 saturated heterocycles. The van der Waals surface area contributed by atoms with Crippen LogP contribution in [0.15, 0.2) is 22.8 Å². The van der Waals surface area contributed by atoms with Crippen LogP contribution in [0.1, 0.15) is 31.6 Å². The summed E-state index contributed by atoms with van der Waals surface area (Å²) in [6.07, 6.45) is 3.48. The second-order valence-electron chi connectivity index (χ2n) is 4.27. The molecule has 1 aromatic rings. The summed E-state index contributed by atoms with van der Waals surface area (Å²) in [5.74, 6) is 1.10. The molecule has 4 heteroatoms. The molecule has 1 aliphatic rings. The quantitative estimate of drug-likeness (QED) is 0.814. The fourth-order valence-electron chi connectivity index (χ4n) is 2.02. The Hall–Kier alpha value is -1.29. The van der Waals surface area contributed by atoms with Crippen molar-refractivity contribution < 1.29 is 9.21 Å². The molecule has 88 valence electrons. The average molecular weight is 222 g/mol. The van der Waals surface area contributed by atoms with Crippen LogP contribution in [0.3, 0.4) is 0 Å². The van der Waals surface area contributed by atoms with Crippen LogP contribution in [0.5, 0.6) is 0 Å². The number of piperidine rings is 1. The zero-order valence-electron chi connectivity index (χ0n) is 9.53. The molecule has 0 spiro atoms. The molecule has 0 saturated carbocycles. The summed E-state index contributed by atoms with van der Waals surface area (Å²) in [4.78, 5) is 11.9. The van der Waals surface area contributed by atoms with E-state index in [2.05, 4.69) is 10.6 Å². The molecule has 0 aromatic carbocycles. The van der Waals surface area contributed by atoms with Gasteiger partial charge in [0, 0.05) is 5.92 Å². The van der Waals surface area contributed by atoms with Crippen molar-refractivity contribution in [3.8, 4) is 0 Å². The predicted octanol–water partition coefficient (Wildman–Crippen LogP) is 1.46. The summed E-state index contributed by atoms with van der Waals surface area (Å²) in [7, 11) is 0. The molecule has 1 unspecified atom stereocenters. The number of carbonyl (C=O) groups excluding carboxylic acids is 1. The van der Waals surface area contributed by atoms with Gasteiger partial charge >= 0.3 is 0 Å². The van der Waals surface area contributed by atoms with E-state index < -0.39 is 0 Å². The maximum atomic E-state index is 11.9. The standard InChI is InChI=1S/C12H18N2O2/c1-9(11-3-2-8-16-11)14-12(15)10-4-6-13-7-5-10/h2-3,8-10,13H,4-7H2,1H3,(H,14,15). The van der Waals surface area contributed by atoms with Crippen LogP contribution >= 0.6 is 0 Å².